The zero-order valence-corrected chi connectivity index (χ0v) is 15.4. The van der Waals surface area contributed by atoms with E-state index in [4.69, 9.17) is 0 Å². The summed E-state index contributed by atoms with van der Waals surface area (Å²) in [7, 11) is 0. The van der Waals surface area contributed by atoms with E-state index < -0.39 is 4.92 Å². The van der Waals surface area contributed by atoms with E-state index in [1.165, 1.54) is 6.42 Å². The number of carbonyl (C=O) groups is 1. The van der Waals surface area contributed by atoms with Crippen LogP contribution in [0.25, 0.3) is 0 Å². The van der Waals surface area contributed by atoms with Crippen LogP contribution in [0.5, 0.6) is 0 Å². The van der Waals surface area contributed by atoms with Gasteiger partial charge in [-0.05, 0) is 50.3 Å². The minimum Gasteiger partial charge on any atom is -0.338 e. The van der Waals surface area contributed by atoms with Gasteiger partial charge in [0.15, 0.2) is 0 Å². The number of nitrogens with zero attached hydrogens (tertiary/aromatic N) is 4. The van der Waals surface area contributed by atoms with Crippen molar-refractivity contribution in [2.24, 2.45) is 5.92 Å². The second-order valence-corrected chi connectivity index (χ2v) is 7.13. The van der Waals surface area contributed by atoms with Gasteiger partial charge in [-0.3, -0.25) is 19.6 Å². The van der Waals surface area contributed by atoms with E-state index in [1.807, 2.05) is 29.2 Å². The number of hydrogen-bond acceptors (Lipinski definition) is 4. The Bertz CT molecular complexity index is 826. The maximum absolute atomic E-state index is 12.6. The van der Waals surface area contributed by atoms with Crippen molar-refractivity contribution in [2.75, 3.05) is 13.1 Å². The third-order valence-corrected chi connectivity index (χ3v) is 5.00. The molecule has 0 aliphatic carbocycles. The van der Waals surface area contributed by atoms with Gasteiger partial charge < -0.3 is 4.90 Å². The monoisotopic (exact) mass is 356 g/mol. The van der Waals surface area contributed by atoms with Crippen LogP contribution in [0, 0.1) is 29.9 Å². The Hall–Kier alpha value is -2.70. The Morgan fingerprint density at radius 2 is 2.00 bits per heavy atom. The number of piperidine rings is 1. The molecule has 7 nitrogen and oxygen atoms in total. The van der Waals surface area contributed by atoms with Gasteiger partial charge >= 0.3 is 5.69 Å². The van der Waals surface area contributed by atoms with Crippen molar-refractivity contribution in [3.05, 3.63) is 56.9 Å². The number of amides is 1. The SMILES string of the molecule is Cc1nn(Cc2ccc(C(=O)N3CCCC(C)C3)cc2)c(C)c1[N+](=O)[O-]. The van der Waals surface area contributed by atoms with Gasteiger partial charge in [0.1, 0.15) is 11.4 Å². The van der Waals surface area contributed by atoms with Crippen molar-refractivity contribution < 1.29 is 9.72 Å². The van der Waals surface area contributed by atoms with Crippen LogP contribution in [0.3, 0.4) is 0 Å². The topological polar surface area (TPSA) is 81.3 Å². The highest BCUT2D eigenvalue weighted by Gasteiger charge is 2.23. The highest BCUT2D eigenvalue weighted by atomic mass is 16.6. The molecule has 2 heterocycles. The zero-order valence-electron chi connectivity index (χ0n) is 15.4. The average molecular weight is 356 g/mol. The average Bonchev–Trinajstić information content (AvgIpc) is 2.88. The summed E-state index contributed by atoms with van der Waals surface area (Å²) in [5, 5.41) is 15.4. The number of nitro groups is 1. The van der Waals surface area contributed by atoms with Crippen molar-refractivity contribution >= 4 is 11.6 Å². The molecule has 1 fully saturated rings. The molecule has 0 N–H and O–H groups in total. The quantitative estimate of drug-likeness (QED) is 0.621. The standard InChI is InChI=1S/C19H24N4O3/c1-13-5-4-10-21(11-13)19(24)17-8-6-16(7-9-17)12-22-15(3)18(23(25)26)14(2)20-22/h6-9,13H,4-5,10-12H2,1-3H3. The number of hydrogen-bond donors (Lipinski definition) is 0. The van der Waals surface area contributed by atoms with E-state index in [1.54, 1.807) is 18.5 Å². The minimum atomic E-state index is -0.393. The van der Waals surface area contributed by atoms with Crippen LogP contribution in [-0.4, -0.2) is 38.6 Å². The predicted octanol–water partition coefficient (Wildman–Crippen LogP) is 3.33. The van der Waals surface area contributed by atoms with E-state index >= 15 is 0 Å². The fraction of sp³-hybridized carbons (Fsp3) is 0.474. The summed E-state index contributed by atoms with van der Waals surface area (Å²) in [6, 6.07) is 7.44. The molecule has 1 atom stereocenters. The maximum Gasteiger partial charge on any atom is 0.312 e. The van der Waals surface area contributed by atoms with Crippen LogP contribution in [-0.2, 0) is 6.54 Å². The Labute approximate surface area is 152 Å². The van der Waals surface area contributed by atoms with Crippen molar-refractivity contribution in [3.8, 4) is 0 Å². The molecule has 138 valence electrons. The molecular weight excluding hydrogens is 332 g/mol. The third-order valence-electron chi connectivity index (χ3n) is 5.00. The molecule has 1 saturated heterocycles. The van der Waals surface area contributed by atoms with Gasteiger partial charge in [-0.2, -0.15) is 5.10 Å². The van der Waals surface area contributed by atoms with Crippen LogP contribution in [0.2, 0.25) is 0 Å². The Morgan fingerprint density at radius 3 is 2.58 bits per heavy atom. The van der Waals surface area contributed by atoms with Gasteiger partial charge in [0.2, 0.25) is 0 Å². The second-order valence-electron chi connectivity index (χ2n) is 7.13. The second kappa shape index (κ2) is 7.27. The van der Waals surface area contributed by atoms with E-state index in [-0.39, 0.29) is 11.6 Å². The number of aryl methyl sites for hydroxylation is 1. The smallest absolute Gasteiger partial charge is 0.312 e. The Balaban J connectivity index is 1.73. The van der Waals surface area contributed by atoms with E-state index in [0.717, 1.165) is 25.1 Å². The molecule has 1 unspecified atom stereocenters. The molecule has 1 aromatic carbocycles. The Kier molecular flexibility index (Phi) is 5.06. The molecule has 0 bridgehead atoms. The molecule has 0 spiro atoms. The Morgan fingerprint density at radius 1 is 1.31 bits per heavy atom. The molecule has 3 rings (SSSR count). The van der Waals surface area contributed by atoms with E-state index in [9.17, 15) is 14.9 Å². The summed E-state index contributed by atoms with van der Waals surface area (Å²) in [4.78, 5) is 25.3. The first-order valence-corrected chi connectivity index (χ1v) is 8.93. The van der Waals surface area contributed by atoms with E-state index in [0.29, 0.717) is 29.4 Å². The first kappa shape index (κ1) is 18.1. The molecule has 1 amide bonds. The fourth-order valence-corrected chi connectivity index (χ4v) is 3.59. The van der Waals surface area contributed by atoms with Crippen molar-refractivity contribution in [2.45, 2.75) is 40.2 Å². The van der Waals surface area contributed by atoms with Crippen LogP contribution in [0.15, 0.2) is 24.3 Å². The number of aromatic nitrogens is 2. The summed E-state index contributed by atoms with van der Waals surface area (Å²) in [5.41, 5.74) is 2.65. The normalized spacial score (nSPS) is 17.3. The first-order chi connectivity index (χ1) is 12.4. The van der Waals surface area contributed by atoms with Gasteiger partial charge in [0, 0.05) is 18.7 Å². The lowest BCUT2D eigenvalue weighted by atomic mass is 9.99. The molecule has 2 aromatic rings. The van der Waals surface area contributed by atoms with Crippen LogP contribution < -0.4 is 0 Å². The lowest BCUT2D eigenvalue weighted by Gasteiger charge is -2.31. The summed E-state index contributed by atoms with van der Waals surface area (Å²) in [6.07, 6.45) is 2.24. The van der Waals surface area contributed by atoms with Crippen LogP contribution >= 0.6 is 0 Å². The summed E-state index contributed by atoms with van der Waals surface area (Å²) in [6.45, 7) is 7.60. The number of rotatable bonds is 4. The number of benzene rings is 1. The van der Waals surface area contributed by atoms with Gasteiger partial charge in [0.05, 0.1) is 11.5 Å². The molecule has 7 heteroatoms. The molecule has 0 radical (unpaired) electrons. The molecule has 1 aromatic heterocycles. The zero-order chi connectivity index (χ0) is 18.8. The minimum absolute atomic E-state index is 0.0658. The highest BCUT2D eigenvalue weighted by molar-refractivity contribution is 5.94. The van der Waals surface area contributed by atoms with Crippen molar-refractivity contribution in [1.82, 2.24) is 14.7 Å². The van der Waals surface area contributed by atoms with Crippen LogP contribution in [0.4, 0.5) is 5.69 Å². The fourth-order valence-electron chi connectivity index (χ4n) is 3.59. The molecular formula is C19H24N4O3. The largest absolute Gasteiger partial charge is 0.338 e. The molecule has 1 aliphatic rings. The predicted molar refractivity (Wildman–Crippen MR) is 98.2 cm³/mol. The lowest BCUT2D eigenvalue weighted by molar-refractivity contribution is -0.386. The summed E-state index contributed by atoms with van der Waals surface area (Å²) < 4.78 is 1.64. The van der Waals surface area contributed by atoms with Crippen molar-refractivity contribution in [1.29, 1.82) is 0 Å². The van der Waals surface area contributed by atoms with E-state index in [2.05, 4.69) is 12.0 Å². The van der Waals surface area contributed by atoms with Gasteiger partial charge in [-0.15, -0.1) is 0 Å². The highest BCUT2D eigenvalue weighted by Crippen LogP contribution is 2.23. The van der Waals surface area contributed by atoms with Gasteiger partial charge in [-0.25, -0.2) is 0 Å². The molecule has 0 saturated carbocycles. The maximum atomic E-state index is 12.6. The number of likely N-dealkylation sites (tertiary alicyclic amines) is 1. The number of carbonyl (C=O) groups excluding carboxylic acids is 1. The van der Waals surface area contributed by atoms with Gasteiger partial charge in [0.25, 0.3) is 5.91 Å². The first-order valence-electron chi connectivity index (χ1n) is 8.93. The van der Waals surface area contributed by atoms with Gasteiger partial charge in [-0.1, -0.05) is 19.1 Å². The summed E-state index contributed by atoms with van der Waals surface area (Å²) in [5.74, 6) is 0.624. The lowest BCUT2D eigenvalue weighted by Crippen LogP contribution is -2.39. The molecule has 26 heavy (non-hydrogen) atoms. The summed E-state index contributed by atoms with van der Waals surface area (Å²) >= 11 is 0. The third kappa shape index (κ3) is 3.61. The molecule has 1 aliphatic heterocycles. The van der Waals surface area contributed by atoms with Crippen molar-refractivity contribution in [3.63, 3.8) is 0 Å². The van der Waals surface area contributed by atoms with Crippen LogP contribution in [0.1, 0.15) is 47.1 Å².